The number of hydrogen-bond acceptors (Lipinski definition) is 1. The van der Waals surface area contributed by atoms with Gasteiger partial charge in [0.05, 0.1) is 0 Å². The number of alkyl halides is 1. The van der Waals surface area contributed by atoms with Gasteiger partial charge in [0.2, 0.25) is 0 Å². The van der Waals surface area contributed by atoms with E-state index in [4.69, 9.17) is 5.11 Å². The summed E-state index contributed by atoms with van der Waals surface area (Å²) in [6, 6.07) is 4.94. The summed E-state index contributed by atoms with van der Waals surface area (Å²) in [5, 5.41) is 9.16. The molecule has 1 aliphatic rings. The lowest BCUT2D eigenvalue weighted by molar-refractivity contribution is 0.194. The fourth-order valence-corrected chi connectivity index (χ4v) is 1.77. The number of hydrogen-bond donors (Lipinski definition) is 1. The molecule has 2 heteroatoms. The highest BCUT2D eigenvalue weighted by atomic mass is 19.1. The van der Waals surface area contributed by atoms with Crippen molar-refractivity contribution in [3.05, 3.63) is 29.3 Å². The van der Waals surface area contributed by atoms with Gasteiger partial charge in [-0.15, -0.1) is 0 Å². The fraction of sp³-hybridized carbons (Fsp3) is 0.400. The number of benzene rings is 1. The van der Waals surface area contributed by atoms with Crippen LogP contribution < -0.4 is 0 Å². The van der Waals surface area contributed by atoms with Crippen LogP contribution in [0.15, 0.2) is 18.2 Å². The van der Waals surface area contributed by atoms with E-state index in [1.807, 2.05) is 0 Å². The van der Waals surface area contributed by atoms with Crippen molar-refractivity contribution < 1.29 is 9.50 Å². The van der Waals surface area contributed by atoms with Crippen LogP contribution in [-0.2, 0) is 12.1 Å². The molecule has 0 amide bonds. The second kappa shape index (κ2) is 2.22. The SMILES string of the molecule is CC1(F)CCc2ccc(O)cc21. The van der Waals surface area contributed by atoms with E-state index < -0.39 is 5.67 Å². The molecule has 2 rings (SSSR count). The molecule has 1 atom stereocenters. The Hall–Kier alpha value is -1.05. The van der Waals surface area contributed by atoms with Gasteiger partial charge in [0, 0.05) is 0 Å². The molecule has 0 saturated carbocycles. The number of aryl methyl sites for hydroxylation is 1. The van der Waals surface area contributed by atoms with Crippen molar-refractivity contribution in [1.82, 2.24) is 0 Å². The van der Waals surface area contributed by atoms with Crippen molar-refractivity contribution in [3.8, 4) is 5.75 Å². The van der Waals surface area contributed by atoms with Gasteiger partial charge in [0.1, 0.15) is 11.4 Å². The predicted molar refractivity (Wildman–Crippen MR) is 44.9 cm³/mol. The van der Waals surface area contributed by atoms with Gasteiger partial charge in [-0.1, -0.05) is 6.07 Å². The Balaban J connectivity index is 2.57. The summed E-state index contributed by atoms with van der Waals surface area (Å²) in [4.78, 5) is 0. The summed E-state index contributed by atoms with van der Waals surface area (Å²) in [5.74, 6) is 0.152. The summed E-state index contributed by atoms with van der Waals surface area (Å²) >= 11 is 0. The van der Waals surface area contributed by atoms with Gasteiger partial charge in [0.15, 0.2) is 0 Å². The molecule has 1 nitrogen and oxygen atoms in total. The molecule has 0 bridgehead atoms. The van der Waals surface area contributed by atoms with Gasteiger partial charge >= 0.3 is 0 Å². The lowest BCUT2D eigenvalue weighted by atomic mass is 10.0. The highest BCUT2D eigenvalue weighted by Gasteiger charge is 2.34. The van der Waals surface area contributed by atoms with Gasteiger partial charge in [0.25, 0.3) is 0 Å². The molecule has 0 aromatic heterocycles. The average molecular weight is 166 g/mol. The molecule has 0 heterocycles. The van der Waals surface area contributed by atoms with Crippen molar-refractivity contribution in [2.75, 3.05) is 0 Å². The number of aromatic hydroxyl groups is 1. The van der Waals surface area contributed by atoms with Crippen LogP contribution in [0.3, 0.4) is 0 Å². The highest BCUT2D eigenvalue weighted by molar-refractivity contribution is 5.41. The number of phenols is 1. The normalized spacial score (nSPS) is 27.2. The Bertz CT molecular complexity index is 318. The number of rotatable bonds is 0. The van der Waals surface area contributed by atoms with Gasteiger partial charge in [-0.05, 0) is 43.0 Å². The third kappa shape index (κ3) is 0.986. The van der Waals surface area contributed by atoms with Crippen LogP contribution >= 0.6 is 0 Å². The quantitative estimate of drug-likeness (QED) is 0.627. The molecule has 1 N–H and O–H groups in total. The van der Waals surface area contributed by atoms with Crippen molar-refractivity contribution in [1.29, 1.82) is 0 Å². The van der Waals surface area contributed by atoms with Crippen LogP contribution in [0.2, 0.25) is 0 Å². The first kappa shape index (κ1) is 7.59. The second-order valence-electron chi connectivity index (χ2n) is 3.54. The van der Waals surface area contributed by atoms with E-state index in [9.17, 15) is 4.39 Å². The summed E-state index contributed by atoms with van der Waals surface area (Å²) in [7, 11) is 0. The smallest absolute Gasteiger partial charge is 0.133 e. The Morgan fingerprint density at radius 2 is 2.25 bits per heavy atom. The maximum Gasteiger partial charge on any atom is 0.133 e. The standard InChI is InChI=1S/C10H11FO/c1-10(11)5-4-7-2-3-8(12)6-9(7)10/h2-3,6,12H,4-5H2,1H3. The molecule has 0 fully saturated rings. The summed E-state index contributed by atoms with van der Waals surface area (Å²) in [5.41, 5.74) is 0.439. The topological polar surface area (TPSA) is 20.2 Å². The minimum atomic E-state index is -1.24. The second-order valence-corrected chi connectivity index (χ2v) is 3.54. The first-order valence-electron chi connectivity index (χ1n) is 4.11. The van der Waals surface area contributed by atoms with Gasteiger partial charge in [-0.2, -0.15) is 0 Å². The Morgan fingerprint density at radius 3 is 3.00 bits per heavy atom. The Labute approximate surface area is 70.8 Å². The molecular weight excluding hydrogens is 155 g/mol. The summed E-state index contributed by atoms with van der Waals surface area (Å²) in [6.45, 7) is 1.57. The number of halogens is 1. The first-order chi connectivity index (χ1) is 5.59. The molecule has 64 valence electrons. The summed E-state index contributed by atoms with van der Waals surface area (Å²) < 4.78 is 13.7. The largest absolute Gasteiger partial charge is 0.508 e. The van der Waals surface area contributed by atoms with E-state index >= 15 is 0 Å². The molecule has 0 spiro atoms. The maximum absolute atomic E-state index is 13.7. The van der Waals surface area contributed by atoms with E-state index in [2.05, 4.69) is 0 Å². The van der Waals surface area contributed by atoms with E-state index in [0.717, 1.165) is 12.0 Å². The zero-order chi connectivity index (χ0) is 8.77. The minimum absolute atomic E-state index is 0.152. The number of fused-ring (bicyclic) bond motifs is 1. The summed E-state index contributed by atoms with van der Waals surface area (Å²) in [6.07, 6.45) is 1.31. The Kier molecular flexibility index (Phi) is 1.40. The van der Waals surface area contributed by atoms with Crippen LogP contribution in [0, 0.1) is 0 Å². The van der Waals surface area contributed by atoms with Crippen molar-refractivity contribution >= 4 is 0 Å². The lowest BCUT2D eigenvalue weighted by Crippen LogP contribution is -2.09. The molecule has 1 aromatic rings. The van der Waals surface area contributed by atoms with Crippen LogP contribution in [0.4, 0.5) is 4.39 Å². The number of phenolic OH excluding ortho intramolecular Hbond substituents is 1. The maximum atomic E-state index is 13.7. The van der Waals surface area contributed by atoms with Crippen LogP contribution in [-0.4, -0.2) is 5.11 Å². The molecule has 1 aliphatic carbocycles. The molecule has 12 heavy (non-hydrogen) atoms. The van der Waals surface area contributed by atoms with Crippen LogP contribution in [0.1, 0.15) is 24.5 Å². The average Bonchev–Trinajstić information content (AvgIpc) is 2.28. The van der Waals surface area contributed by atoms with Gasteiger partial charge < -0.3 is 5.11 Å². The van der Waals surface area contributed by atoms with E-state index in [1.54, 1.807) is 19.1 Å². The molecule has 0 aliphatic heterocycles. The van der Waals surface area contributed by atoms with E-state index in [0.29, 0.717) is 12.0 Å². The molecular formula is C10H11FO. The van der Waals surface area contributed by atoms with E-state index in [1.165, 1.54) is 6.07 Å². The zero-order valence-corrected chi connectivity index (χ0v) is 6.97. The van der Waals surface area contributed by atoms with Crippen LogP contribution in [0.5, 0.6) is 5.75 Å². The third-order valence-electron chi connectivity index (χ3n) is 2.52. The van der Waals surface area contributed by atoms with Crippen molar-refractivity contribution in [3.63, 3.8) is 0 Å². The van der Waals surface area contributed by atoms with Gasteiger partial charge in [-0.25, -0.2) is 4.39 Å². The molecule has 1 aromatic carbocycles. The minimum Gasteiger partial charge on any atom is -0.508 e. The monoisotopic (exact) mass is 166 g/mol. The zero-order valence-electron chi connectivity index (χ0n) is 6.97. The Morgan fingerprint density at radius 1 is 1.50 bits per heavy atom. The van der Waals surface area contributed by atoms with Crippen molar-refractivity contribution in [2.24, 2.45) is 0 Å². The molecule has 0 radical (unpaired) electrons. The third-order valence-corrected chi connectivity index (χ3v) is 2.52. The fourth-order valence-electron chi connectivity index (χ4n) is 1.77. The molecule has 0 saturated heterocycles. The van der Waals surface area contributed by atoms with Gasteiger partial charge in [-0.3, -0.25) is 0 Å². The van der Waals surface area contributed by atoms with Crippen molar-refractivity contribution in [2.45, 2.75) is 25.4 Å². The lowest BCUT2D eigenvalue weighted by Gasteiger charge is -2.13. The predicted octanol–water partition coefficient (Wildman–Crippen LogP) is 2.52. The highest BCUT2D eigenvalue weighted by Crippen LogP contribution is 2.40. The molecule has 1 unspecified atom stereocenters. The first-order valence-corrected chi connectivity index (χ1v) is 4.11. The van der Waals surface area contributed by atoms with Crippen LogP contribution in [0.25, 0.3) is 0 Å². The van der Waals surface area contributed by atoms with E-state index in [-0.39, 0.29) is 5.75 Å².